The summed E-state index contributed by atoms with van der Waals surface area (Å²) in [4.78, 5) is 23.8. The van der Waals surface area contributed by atoms with E-state index in [0.717, 1.165) is 33.6 Å². The number of hydrogen-bond donors (Lipinski definition) is 0. The van der Waals surface area contributed by atoms with Crippen LogP contribution in [0.2, 0.25) is 0 Å². The number of hydrogen-bond acceptors (Lipinski definition) is 4. The molecular formula is C28H26Br2O4. The molecule has 0 spiro atoms. The normalized spacial score (nSPS) is 10.5. The molecule has 0 atom stereocenters. The van der Waals surface area contributed by atoms with Crippen molar-refractivity contribution in [2.24, 2.45) is 0 Å². The lowest BCUT2D eigenvalue weighted by Gasteiger charge is -2.05. The average Bonchev–Trinajstić information content (AvgIpc) is 3.20. The van der Waals surface area contributed by atoms with Crippen LogP contribution in [0.15, 0.2) is 80.1 Å². The number of halogens is 2. The summed E-state index contributed by atoms with van der Waals surface area (Å²) < 4.78 is 12.5. The molecule has 0 saturated carbocycles. The van der Waals surface area contributed by atoms with Gasteiger partial charge in [0.05, 0.1) is 5.56 Å². The summed E-state index contributed by atoms with van der Waals surface area (Å²) in [6.07, 6.45) is 3.72. The van der Waals surface area contributed by atoms with Gasteiger partial charge in [-0.1, -0.05) is 82.5 Å². The Labute approximate surface area is 216 Å². The molecule has 4 nitrogen and oxygen atoms in total. The molecule has 1 heterocycles. The second kappa shape index (κ2) is 12.7. The smallest absolute Gasteiger partial charge is 0.298 e. The molecule has 0 bridgehead atoms. The maximum atomic E-state index is 13.2. The summed E-state index contributed by atoms with van der Waals surface area (Å²) >= 11 is 6.85. The second-order valence-electron chi connectivity index (χ2n) is 7.70. The minimum Gasteiger partial charge on any atom is -0.460 e. The van der Waals surface area contributed by atoms with E-state index < -0.39 is 0 Å². The van der Waals surface area contributed by atoms with Crippen LogP contribution in [-0.4, -0.2) is 12.3 Å². The van der Waals surface area contributed by atoms with E-state index in [0.29, 0.717) is 41.1 Å². The first kappa shape index (κ1) is 25.9. The number of benzene rings is 3. The number of furan rings is 1. The van der Waals surface area contributed by atoms with Gasteiger partial charge >= 0.3 is 0 Å². The Bertz CT molecular complexity index is 1240. The van der Waals surface area contributed by atoms with Gasteiger partial charge in [-0.2, -0.15) is 0 Å². The number of carbonyl (C=O) groups excluding carboxylic acids is 2. The highest BCUT2D eigenvalue weighted by Gasteiger charge is 2.22. The van der Waals surface area contributed by atoms with Crippen molar-refractivity contribution in [3.05, 3.63) is 98.1 Å². The first-order valence-corrected chi connectivity index (χ1v) is 12.8. The fourth-order valence-corrected chi connectivity index (χ4v) is 4.86. The zero-order valence-electron chi connectivity index (χ0n) is 19.1. The van der Waals surface area contributed by atoms with Crippen molar-refractivity contribution in [3.8, 4) is 5.75 Å². The van der Waals surface area contributed by atoms with Crippen LogP contribution >= 0.6 is 31.9 Å². The lowest BCUT2D eigenvalue weighted by molar-refractivity contribution is -0.120. The van der Waals surface area contributed by atoms with Crippen LogP contribution in [0.4, 0.5) is 0 Å². The Morgan fingerprint density at radius 1 is 0.971 bits per heavy atom. The SMILES string of the molecule is CCCCc1oc2cc(OC=O)ccc2c1C(=O)c1cc(Br)cc(Br)c1.CCc1ccccc1. The lowest BCUT2D eigenvalue weighted by Crippen LogP contribution is -2.04. The van der Waals surface area contributed by atoms with Crippen molar-refractivity contribution in [1.82, 2.24) is 0 Å². The van der Waals surface area contributed by atoms with Crippen molar-refractivity contribution >= 4 is 55.1 Å². The van der Waals surface area contributed by atoms with Gasteiger partial charge in [-0.3, -0.25) is 9.59 Å². The Balaban J connectivity index is 0.000000343. The Hall–Kier alpha value is -2.70. The number of aryl methyl sites for hydroxylation is 2. The predicted molar refractivity (Wildman–Crippen MR) is 143 cm³/mol. The molecule has 176 valence electrons. The topological polar surface area (TPSA) is 56.5 Å². The molecule has 0 unspecified atom stereocenters. The van der Waals surface area contributed by atoms with E-state index in [9.17, 15) is 9.59 Å². The van der Waals surface area contributed by atoms with Crippen LogP contribution in [0.25, 0.3) is 11.0 Å². The van der Waals surface area contributed by atoms with Gasteiger partial charge in [0.1, 0.15) is 17.1 Å². The van der Waals surface area contributed by atoms with Crippen LogP contribution in [0, 0.1) is 0 Å². The molecule has 0 saturated heterocycles. The maximum Gasteiger partial charge on any atom is 0.298 e. The van der Waals surface area contributed by atoms with E-state index in [-0.39, 0.29) is 5.78 Å². The Morgan fingerprint density at radius 2 is 1.68 bits per heavy atom. The average molecular weight is 586 g/mol. The van der Waals surface area contributed by atoms with Crippen molar-refractivity contribution in [2.45, 2.75) is 39.5 Å². The molecule has 0 N–H and O–H groups in total. The summed E-state index contributed by atoms with van der Waals surface area (Å²) in [5.74, 6) is 0.944. The molecule has 6 heteroatoms. The van der Waals surface area contributed by atoms with Gasteiger partial charge in [0, 0.05) is 32.4 Å². The number of carbonyl (C=O) groups is 2. The van der Waals surface area contributed by atoms with E-state index >= 15 is 0 Å². The van der Waals surface area contributed by atoms with E-state index in [1.165, 1.54) is 5.56 Å². The predicted octanol–water partition coefficient (Wildman–Crippen LogP) is 8.32. The highest BCUT2D eigenvalue weighted by atomic mass is 79.9. The fraction of sp³-hybridized carbons (Fsp3) is 0.214. The number of ketones is 1. The van der Waals surface area contributed by atoms with Crippen molar-refractivity contribution in [2.75, 3.05) is 0 Å². The summed E-state index contributed by atoms with van der Waals surface area (Å²) in [6, 6.07) is 21.0. The van der Waals surface area contributed by atoms with Crippen LogP contribution in [0.1, 0.15) is 53.9 Å². The molecular weight excluding hydrogens is 560 g/mol. The molecule has 0 amide bonds. The number of unbranched alkanes of at least 4 members (excludes halogenated alkanes) is 1. The third-order valence-electron chi connectivity index (χ3n) is 5.28. The van der Waals surface area contributed by atoms with Crippen molar-refractivity contribution < 1.29 is 18.7 Å². The molecule has 3 aromatic carbocycles. The molecule has 4 aromatic rings. The number of fused-ring (bicyclic) bond motifs is 1. The molecule has 1 aromatic heterocycles. The summed E-state index contributed by atoms with van der Waals surface area (Å²) in [7, 11) is 0. The Morgan fingerprint density at radius 3 is 2.26 bits per heavy atom. The highest BCUT2D eigenvalue weighted by Crippen LogP contribution is 2.33. The monoisotopic (exact) mass is 584 g/mol. The first-order valence-electron chi connectivity index (χ1n) is 11.2. The van der Waals surface area contributed by atoms with E-state index in [2.05, 4.69) is 70.0 Å². The van der Waals surface area contributed by atoms with Crippen LogP contribution < -0.4 is 4.74 Å². The molecule has 0 aliphatic rings. The standard InChI is InChI=1S/C20H16Br2O4.C8H10/c1-2-3-4-17-19(20(24)12-7-13(21)9-14(22)8-12)16-6-5-15(25-11-23)10-18(16)26-17;1-2-8-6-4-3-5-7-8/h5-11H,2-4H2,1H3;3-7H,2H2,1H3. The number of ether oxygens (including phenoxy) is 1. The minimum absolute atomic E-state index is 0.0964. The van der Waals surface area contributed by atoms with Crippen LogP contribution in [0.3, 0.4) is 0 Å². The van der Waals surface area contributed by atoms with E-state index in [1.54, 1.807) is 30.3 Å². The fourth-order valence-electron chi connectivity index (χ4n) is 3.56. The molecule has 0 fully saturated rings. The van der Waals surface area contributed by atoms with Gasteiger partial charge in [0.25, 0.3) is 6.47 Å². The largest absolute Gasteiger partial charge is 0.460 e. The summed E-state index contributed by atoms with van der Waals surface area (Å²) in [6.45, 7) is 4.62. The molecule has 4 rings (SSSR count). The van der Waals surface area contributed by atoms with Gasteiger partial charge in [0.2, 0.25) is 0 Å². The van der Waals surface area contributed by atoms with Crippen LogP contribution in [-0.2, 0) is 17.6 Å². The summed E-state index contributed by atoms with van der Waals surface area (Å²) in [5, 5.41) is 0.718. The van der Waals surface area contributed by atoms with Crippen molar-refractivity contribution in [1.29, 1.82) is 0 Å². The highest BCUT2D eigenvalue weighted by molar-refractivity contribution is 9.11. The van der Waals surface area contributed by atoms with E-state index in [1.807, 2.05) is 12.1 Å². The zero-order chi connectivity index (χ0) is 24.5. The van der Waals surface area contributed by atoms with Crippen molar-refractivity contribution in [3.63, 3.8) is 0 Å². The van der Waals surface area contributed by atoms with Crippen LogP contribution in [0.5, 0.6) is 5.75 Å². The molecule has 0 aliphatic heterocycles. The third kappa shape index (κ3) is 6.67. The quantitative estimate of drug-likeness (QED) is 0.154. The second-order valence-corrected chi connectivity index (χ2v) is 9.53. The van der Waals surface area contributed by atoms with Gasteiger partial charge in [0.15, 0.2) is 5.78 Å². The number of rotatable bonds is 8. The molecule has 34 heavy (non-hydrogen) atoms. The zero-order valence-corrected chi connectivity index (χ0v) is 22.3. The molecule has 0 aliphatic carbocycles. The van der Waals surface area contributed by atoms with Gasteiger partial charge in [-0.05, 0) is 48.7 Å². The maximum absolute atomic E-state index is 13.2. The summed E-state index contributed by atoms with van der Waals surface area (Å²) in [5.41, 5.74) is 3.08. The Kier molecular flexibility index (Phi) is 9.66. The first-order chi connectivity index (χ1) is 16.5. The van der Waals surface area contributed by atoms with E-state index in [4.69, 9.17) is 9.15 Å². The van der Waals surface area contributed by atoms with Gasteiger partial charge < -0.3 is 9.15 Å². The minimum atomic E-state index is -0.0964. The third-order valence-corrected chi connectivity index (χ3v) is 6.19. The van der Waals surface area contributed by atoms with Gasteiger partial charge in [-0.25, -0.2) is 0 Å². The van der Waals surface area contributed by atoms with Gasteiger partial charge in [-0.15, -0.1) is 0 Å². The lowest BCUT2D eigenvalue weighted by atomic mass is 9.98. The molecule has 0 radical (unpaired) electrons.